The monoisotopic (exact) mass is 311 g/mol. The summed E-state index contributed by atoms with van der Waals surface area (Å²) < 4.78 is 42.7. The summed E-state index contributed by atoms with van der Waals surface area (Å²) in [7, 11) is 0. The number of benzene rings is 1. The van der Waals surface area contributed by atoms with Crippen molar-refractivity contribution in [3.63, 3.8) is 0 Å². The normalized spacial score (nSPS) is 14.5. The Morgan fingerprint density at radius 2 is 2.09 bits per heavy atom. The zero-order chi connectivity index (χ0) is 16.0. The molecule has 3 nitrogen and oxygen atoms in total. The number of amides is 1. The first kappa shape index (κ1) is 16.2. The van der Waals surface area contributed by atoms with Gasteiger partial charge in [-0.1, -0.05) is 24.3 Å². The van der Waals surface area contributed by atoms with Gasteiger partial charge in [0.15, 0.2) is 0 Å². The van der Waals surface area contributed by atoms with Gasteiger partial charge in [-0.05, 0) is 31.0 Å². The number of hydrogen-bond acceptors (Lipinski definition) is 2. The first-order chi connectivity index (χ1) is 10.5. The highest BCUT2D eigenvalue weighted by atomic mass is 19.4. The van der Waals surface area contributed by atoms with E-state index in [1.807, 2.05) is 0 Å². The third-order valence-corrected chi connectivity index (χ3v) is 3.42. The summed E-state index contributed by atoms with van der Waals surface area (Å²) in [6.45, 7) is 0.196. The lowest BCUT2D eigenvalue weighted by Gasteiger charge is -2.23. The zero-order valence-electron chi connectivity index (χ0n) is 11.9. The highest BCUT2D eigenvalue weighted by Crippen LogP contribution is 2.31. The Morgan fingerprint density at radius 1 is 1.32 bits per heavy atom. The van der Waals surface area contributed by atoms with Gasteiger partial charge in [-0.25, -0.2) is 0 Å². The minimum atomic E-state index is -4.39. The van der Waals surface area contributed by atoms with Crippen LogP contribution in [-0.2, 0) is 11.0 Å². The minimum absolute atomic E-state index is 0.0133. The fourth-order valence-corrected chi connectivity index (χ4v) is 1.94. The van der Waals surface area contributed by atoms with Gasteiger partial charge in [-0.2, -0.15) is 13.2 Å². The van der Waals surface area contributed by atoms with E-state index in [2.05, 4.69) is 17.2 Å². The Labute approximate surface area is 126 Å². The van der Waals surface area contributed by atoms with Crippen molar-refractivity contribution in [3.8, 4) is 17.6 Å². The summed E-state index contributed by atoms with van der Waals surface area (Å²) in [5.74, 6) is 5.60. The number of ether oxygens (including phenoxy) is 1. The molecule has 118 valence electrons. The molecule has 1 N–H and O–H groups in total. The van der Waals surface area contributed by atoms with Crippen LogP contribution in [0.2, 0.25) is 0 Å². The minimum Gasteiger partial charge on any atom is -0.481 e. The lowest BCUT2D eigenvalue weighted by Crippen LogP contribution is -2.34. The van der Waals surface area contributed by atoms with Gasteiger partial charge in [-0.3, -0.25) is 4.79 Å². The van der Waals surface area contributed by atoms with Crippen molar-refractivity contribution in [3.05, 3.63) is 29.8 Å². The van der Waals surface area contributed by atoms with Crippen molar-refractivity contribution in [1.82, 2.24) is 5.32 Å². The zero-order valence-corrected chi connectivity index (χ0v) is 11.9. The van der Waals surface area contributed by atoms with Crippen LogP contribution in [-0.4, -0.2) is 19.1 Å². The van der Waals surface area contributed by atoms with Crippen molar-refractivity contribution in [2.45, 2.75) is 25.4 Å². The predicted molar refractivity (Wildman–Crippen MR) is 75.1 cm³/mol. The second-order valence-electron chi connectivity index (χ2n) is 5.01. The van der Waals surface area contributed by atoms with Gasteiger partial charge in [-0.15, -0.1) is 0 Å². The third kappa shape index (κ3) is 4.69. The van der Waals surface area contributed by atoms with E-state index in [-0.39, 0.29) is 30.7 Å². The largest absolute Gasteiger partial charge is 0.481 e. The number of carbonyl (C=O) groups is 1. The molecule has 0 unspecified atom stereocenters. The SMILES string of the molecule is O=C(NCC#CCOc1cccc(C(F)(F)F)c1)C1CCC1. The molecule has 2 rings (SSSR count). The van der Waals surface area contributed by atoms with Gasteiger partial charge in [0.2, 0.25) is 5.91 Å². The number of alkyl halides is 3. The van der Waals surface area contributed by atoms with Crippen molar-refractivity contribution < 1.29 is 22.7 Å². The number of rotatable bonds is 4. The average Bonchev–Trinajstić information content (AvgIpc) is 2.40. The van der Waals surface area contributed by atoms with Crippen LogP contribution in [0.3, 0.4) is 0 Å². The van der Waals surface area contributed by atoms with Crippen LogP contribution >= 0.6 is 0 Å². The molecule has 1 aromatic rings. The molecule has 1 amide bonds. The summed E-state index contributed by atoms with van der Waals surface area (Å²) in [5, 5.41) is 2.70. The van der Waals surface area contributed by atoms with E-state index in [0.29, 0.717) is 0 Å². The number of carbonyl (C=O) groups excluding carboxylic acids is 1. The standard InChI is InChI=1S/C16H16F3NO2/c17-16(18,19)13-7-4-8-14(11-13)22-10-2-1-9-20-15(21)12-5-3-6-12/h4,7-8,11-12H,3,5-6,9-10H2,(H,20,21). The fraction of sp³-hybridized carbons (Fsp3) is 0.438. The van der Waals surface area contributed by atoms with Gasteiger partial charge in [0.1, 0.15) is 12.4 Å². The second-order valence-corrected chi connectivity index (χ2v) is 5.01. The molecule has 0 saturated heterocycles. The highest BCUT2D eigenvalue weighted by molar-refractivity contribution is 5.79. The van der Waals surface area contributed by atoms with Gasteiger partial charge in [0, 0.05) is 5.92 Å². The van der Waals surface area contributed by atoms with Crippen molar-refractivity contribution in [1.29, 1.82) is 0 Å². The first-order valence-electron chi connectivity index (χ1n) is 7.00. The van der Waals surface area contributed by atoms with Crippen molar-refractivity contribution in [2.75, 3.05) is 13.2 Å². The van der Waals surface area contributed by atoms with E-state index in [1.165, 1.54) is 12.1 Å². The van der Waals surface area contributed by atoms with E-state index >= 15 is 0 Å². The summed E-state index contributed by atoms with van der Waals surface area (Å²) in [6.07, 6.45) is -1.44. The molecule has 0 spiro atoms. The summed E-state index contributed by atoms with van der Waals surface area (Å²) in [6, 6.07) is 4.63. The molecule has 0 atom stereocenters. The topological polar surface area (TPSA) is 38.3 Å². The predicted octanol–water partition coefficient (Wildman–Crippen LogP) is 3.00. The summed E-state index contributed by atoms with van der Waals surface area (Å²) in [4.78, 5) is 11.5. The van der Waals surface area contributed by atoms with Crippen LogP contribution in [0.25, 0.3) is 0 Å². The number of hydrogen-bond donors (Lipinski definition) is 1. The molecular weight excluding hydrogens is 295 g/mol. The highest BCUT2D eigenvalue weighted by Gasteiger charge is 2.30. The van der Waals surface area contributed by atoms with Crippen LogP contribution in [0.15, 0.2) is 24.3 Å². The molecule has 0 aromatic heterocycles. The molecular formula is C16H16F3NO2. The third-order valence-electron chi connectivity index (χ3n) is 3.42. The van der Waals surface area contributed by atoms with E-state index in [0.717, 1.165) is 31.4 Å². The molecule has 0 heterocycles. The van der Waals surface area contributed by atoms with E-state index in [1.54, 1.807) is 0 Å². The average molecular weight is 311 g/mol. The Hall–Kier alpha value is -2.16. The smallest absolute Gasteiger partial charge is 0.416 e. The lowest BCUT2D eigenvalue weighted by molar-refractivity contribution is -0.137. The van der Waals surface area contributed by atoms with Crippen LogP contribution in [0, 0.1) is 17.8 Å². The van der Waals surface area contributed by atoms with Crippen molar-refractivity contribution >= 4 is 5.91 Å². The summed E-state index contributed by atoms with van der Waals surface area (Å²) in [5.41, 5.74) is -0.759. The van der Waals surface area contributed by atoms with E-state index in [9.17, 15) is 18.0 Å². The summed E-state index contributed by atoms with van der Waals surface area (Å²) >= 11 is 0. The van der Waals surface area contributed by atoms with Gasteiger partial charge in [0.25, 0.3) is 0 Å². The van der Waals surface area contributed by atoms with Gasteiger partial charge >= 0.3 is 6.18 Å². The molecule has 1 saturated carbocycles. The fourth-order valence-electron chi connectivity index (χ4n) is 1.94. The van der Waals surface area contributed by atoms with Gasteiger partial charge < -0.3 is 10.1 Å². The Kier molecular flexibility index (Phi) is 5.31. The maximum atomic E-state index is 12.5. The Morgan fingerprint density at radius 3 is 2.73 bits per heavy atom. The number of nitrogens with one attached hydrogen (secondary N) is 1. The molecule has 6 heteroatoms. The van der Waals surface area contributed by atoms with Crippen molar-refractivity contribution in [2.24, 2.45) is 5.92 Å². The van der Waals surface area contributed by atoms with Crippen LogP contribution < -0.4 is 10.1 Å². The second kappa shape index (κ2) is 7.21. The molecule has 1 aliphatic carbocycles. The quantitative estimate of drug-likeness (QED) is 0.868. The Bertz CT molecular complexity index is 583. The van der Waals surface area contributed by atoms with Gasteiger partial charge in [0.05, 0.1) is 12.1 Å². The lowest BCUT2D eigenvalue weighted by atomic mass is 9.85. The van der Waals surface area contributed by atoms with Crippen LogP contribution in [0.5, 0.6) is 5.75 Å². The molecule has 1 aromatic carbocycles. The Balaban J connectivity index is 1.72. The number of halogens is 3. The molecule has 0 bridgehead atoms. The molecule has 0 aliphatic heterocycles. The molecule has 1 fully saturated rings. The van der Waals surface area contributed by atoms with Crippen LogP contribution in [0.1, 0.15) is 24.8 Å². The maximum absolute atomic E-state index is 12.5. The van der Waals surface area contributed by atoms with E-state index in [4.69, 9.17) is 4.74 Å². The first-order valence-corrected chi connectivity index (χ1v) is 7.00. The molecule has 0 radical (unpaired) electrons. The molecule has 22 heavy (non-hydrogen) atoms. The molecule has 1 aliphatic rings. The maximum Gasteiger partial charge on any atom is 0.416 e. The van der Waals surface area contributed by atoms with E-state index < -0.39 is 11.7 Å². The van der Waals surface area contributed by atoms with Crippen LogP contribution in [0.4, 0.5) is 13.2 Å².